The molecule has 0 aromatic carbocycles. The highest BCUT2D eigenvalue weighted by Crippen LogP contribution is 2.49. The molecule has 1 aliphatic heterocycles. The molecule has 1 aliphatic rings. The minimum Gasteiger partial charge on any atom is -0.469 e. The maximum absolute atomic E-state index is 11.6. The predicted molar refractivity (Wildman–Crippen MR) is 123 cm³/mol. The molecule has 2 aromatic heterocycles. The van der Waals surface area contributed by atoms with Crippen LogP contribution in [0.15, 0.2) is 12.7 Å². The van der Waals surface area contributed by atoms with E-state index in [0.29, 0.717) is 0 Å². The monoisotopic (exact) mass is 587 g/mol. The van der Waals surface area contributed by atoms with Crippen LogP contribution in [0.1, 0.15) is 12.6 Å². The predicted octanol–water partition coefficient (Wildman–Crippen LogP) is -3.12. The van der Waals surface area contributed by atoms with E-state index in [1.807, 2.05) is 0 Å². The zero-order valence-corrected chi connectivity index (χ0v) is 21.6. The Morgan fingerprint density at radius 1 is 1.16 bits per heavy atom. The van der Waals surface area contributed by atoms with Gasteiger partial charge in [0, 0.05) is 0 Å². The Labute approximate surface area is 213 Å². The fourth-order valence-electron chi connectivity index (χ4n) is 3.02. The molecule has 0 radical (unpaired) electrons. The van der Waals surface area contributed by atoms with Crippen molar-refractivity contribution in [3.63, 3.8) is 0 Å². The van der Waals surface area contributed by atoms with Crippen LogP contribution in [0, 0.1) is 0 Å². The van der Waals surface area contributed by atoms with E-state index in [-0.39, 0.29) is 23.4 Å². The van der Waals surface area contributed by atoms with E-state index in [1.165, 1.54) is 31.4 Å². The molecule has 0 amide bonds. The Morgan fingerprint density at radius 2 is 1.82 bits per heavy atom. The molecule has 3 rings (SSSR count). The van der Waals surface area contributed by atoms with Gasteiger partial charge in [0.15, 0.2) is 17.7 Å². The molecule has 0 spiro atoms. The number of esters is 2. The first-order valence-corrected chi connectivity index (χ1v) is 13.5. The molecule has 214 valence electrons. The number of nitrogens with zero attached hydrogens (tertiary/aromatic N) is 4. The molecule has 22 heteroatoms. The van der Waals surface area contributed by atoms with E-state index in [9.17, 15) is 33.8 Å². The number of hydrogen-bond donors (Lipinski definition) is 8. The van der Waals surface area contributed by atoms with Crippen LogP contribution in [-0.4, -0.2) is 102 Å². The van der Waals surface area contributed by atoms with Crippen molar-refractivity contribution >= 4 is 44.4 Å². The second-order valence-electron chi connectivity index (χ2n) is 7.50. The summed E-state index contributed by atoms with van der Waals surface area (Å²) >= 11 is 0. The lowest BCUT2D eigenvalue weighted by Crippen LogP contribution is -2.34. The van der Waals surface area contributed by atoms with E-state index < -0.39 is 64.6 Å². The number of hydrogen-bond acceptors (Lipinski definition) is 15. The number of carbonyl (C=O) groups is 2. The van der Waals surface area contributed by atoms with Crippen LogP contribution >= 0.6 is 15.5 Å². The van der Waals surface area contributed by atoms with E-state index >= 15 is 0 Å². The molecule has 3 heterocycles. The summed E-state index contributed by atoms with van der Waals surface area (Å²) in [5.41, 5.74) is 11.4. The first-order chi connectivity index (χ1) is 17.6. The molecular formula is C16H27N7O13P2. The Balaban J connectivity index is 0.000000391. The van der Waals surface area contributed by atoms with Crippen LogP contribution in [0.25, 0.3) is 11.2 Å². The topological polar surface area (TPSA) is 314 Å². The van der Waals surface area contributed by atoms with Gasteiger partial charge in [0.2, 0.25) is 0 Å². The number of nitrogens with two attached hydrogens (primary N) is 2. The van der Waals surface area contributed by atoms with Crippen LogP contribution in [0.5, 0.6) is 0 Å². The summed E-state index contributed by atoms with van der Waals surface area (Å²) in [5.74, 6) is -1.05. The number of aliphatic hydroxyl groups is 2. The molecule has 20 nitrogen and oxygen atoms in total. The van der Waals surface area contributed by atoms with Gasteiger partial charge in [-0.15, -0.1) is 4.86 Å². The van der Waals surface area contributed by atoms with Gasteiger partial charge in [0.25, 0.3) is 0 Å². The number of imidazole rings is 1. The van der Waals surface area contributed by atoms with Crippen molar-refractivity contribution in [2.75, 3.05) is 26.6 Å². The molecule has 1 fully saturated rings. The quantitative estimate of drug-likeness (QED) is 0.106. The van der Waals surface area contributed by atoms with E-state index in [0.717, 1.165) is 4.86 Å². The van der Waals surface area contributed by atoms with E-state index in [2.05, 4.69) is 28.9 Å². The molecule has 2 aromatic rings. The van der Waals surface area contributed by atoms with Crippen molar-refractivity contribution in [2.45, 2.75) is 37.0 Å². The van der Waals surface area contributed by atoms with Gasteiger partial charge in [-0.05, 0) is 0 Å². The number of rotatable bonds is 9. The van der Waals surface area contributed by atoms with E-state index in [1.54, 1.807) is 0 Å². The van der Waals surface area contributed by atoms with Crippen molar-refractivity contribution in [2.24, 2.45) is 5.73 Å². The zero-order valence-electron chi connectivity index (χ0n) is 19.8. The molecule has 1 unspecified atom stereocenters. The Bertz CT molecular complexity index is 1220. The van der Waals surface area contributed by atoms with Crippen molar-refractivity contribution in [3.05, 3.63) is 12.7 Å². The number of anilines is 1. The van der Waals surface area contributed by atoms with Gasteiger partial charge in [-0.1, -0.05) is 0 Å². The average molecular weight is 587 g/mol. The van der Waals surface area contributed by atoms with Crippen LogP contribution in [0.3, 0.4) is 0 Å². The number of ether oxygens (including phenoxy) is 3. The lowest BCUT2D eigenvalue weighted by molar-refractivity contribution is -0.148. The Hall–Kier alpha value is -2.61. The molecule has 1 saturated heterocycles. The van der Waals surface area contributed by atoms with Crippen molar-refractivity contribution < 1.29 is 62.3 Å². The molecule has 38 heavy (non-hydrogen) atoms. The Morgan fingerprint density at radius 3 is 2.39 bits per heavy atom. The lowest BCUT2D eigenvalue weighted by atomic mass is 10.1. The second-order valence-corrected chi connectivity index (χ2v) is 10.7. The SMILES string of the molecule is COC(=O)C[C@H](N)C(=O)OC.Nc1ncnc2c1ncn2[C@@H]1O[C@H](COP(=O)(O)NP(=O)(O)O)[C@@H](O)[C@H]1O. The first-order valence-electron chi connectivity index (χ1n) is 10.3. The number of aliphatic hydroxyl groups excluding tert-OH is 2. The minimum absolute atomic E-state index is 0.0939. The summed E-state index contributed by atoms with van der Waals surface area (Å²) in [6.07, 6.45) is -3.22. The third-order valence-electron chi connectivity index (χ3n) is 4.79. The summed E-state index contributed by atoms with van der Waals surface area (Å²) in [6.45, 7) is -0.751. The van der Waals surface area contributed by atoms with Gasteiger partial charge < -0.3 is 50.6 Å². The number of nitrogen functional groups attached to an aromatic ring is 1. The van der Waals surface area contributed by atoms with Gasteiger partial charge in [-0.25, -0.2) is 24.1 Å². The molecule has 6 atom stereocenters. The second kappa shape index (κ2) is 13.0. The van der Waals surface area contributed by atoms with Gasteiger partial charge in [-0.3, -0.25) is 18.7 Å². The van der Waals surface area contributed by atoms with Crippen LogP contribution in [-0.2, 0) is 37.5 Å². The van der Waals surface area contributed by atoms with Gasteiger partial charge in [0.05, 0.1) is 33.6 Å². The lowest BCUT2D eigenvalue weighted by Gasteiger charge is -2.18. The normalized spacial score (nSPS) is 23.7. The molecule has 10 N–H and O–H groups in total. The maximum Gasteiger partial charge on any atom is 0.412 e. The highest BCUT2D eigenvalue weighted by molar-refractivity contribution is 7.66. The molecule has 0 saturated carbocycles. The number of methoxy groups -OCH3 is 2. The van der Waals surface area contributed by atoms with E-state index in [4.69, 9.17) is 26.0 Å². The Kier molecular flexibility index (Phi) is 10.8. The number of fused-ring (bicyclic) bond motifs is 1. The standard InChI is InChI=1S/C10H16N6O9P2.C6H11NO4/c11-8-5-9(13-2-12-8)16(3-14-5)10-7(18)6(17)4(25-10)1-24-27(22,23)15-26(19,20)21;1-10-5(8)3-4(7)6(9)11-2/h2-4,6-7,10,17-18H,1H2,(H2,11,12,13)(H4,15,19,20,21,22,23);4H,3,7H2,1-2H3/t4-,6-,7-,10-;4-/m10/s1. The average Bonchev–Trinajstić information content (AvgIpc) is 3.38. The number of aromatic nitrogens is 4. The fourth-order valence-corrected chi connectivity index (χ4v) is 4.92. The summed E-state index contributed by atoms with van der Waals surface area (Å²) in [5, 5.41) is 20.3. The highest BCUT2D eigenvalue weighted by Gasteiger charge is 2.45. The largest absolute Gasteiger partial charge is 0.469 e. The van der Waals surface area contributed by atoms with Crippen molar-refractivity contribution in [3.8, 4) is 0 Å². The molecule has 0 aliphatic carbocycles. The summed E-state index contributed by atoms with van der Waals surface area (Å²) in [4.78, 5) is 60.7. The smallest absolute Gasteiger partial charge is 0.412 e. The van der Waals surface area contributed by atoms with Crippen LogP contribution < -0.4 is 16.3 Å². The minimum atomic E-state index is -5.04. The summed E-state index contributed by atoms with van der Waals surface area (Å²) in [7, 11) is -7.48. The highest BCUT2D eigenvalue weighted by atomic mass is 31.3. The van der Waals surface area contributed by atoms with Gasteiger partial charge >= 0.3 is 27.4 Å². The summed E-state index contributed by atoms with van der Waals surface area (Å²) < 4.78 is 42.1. The zero-order chi connectivity index (χ0) is 28.8. The third kappa shape index (κ3) is 8.45. The van der Waals surface area contributed by atoms with Crippen LogP contribution in [0.4, 0.5) is 5.82 Å². The maximum atomic E-state index is 11.6. The molecule has 0 bridgehead atoms. The van der Waals surface area contributed by atoms with Crippen LogP contribution in [0.2, 0.25) is 0 Å². The van der Waals surface area contributed by atoms with Gasteiger partial charge in [0.1, 0.15) is 36.2 Å². The first kappa shape index (κ1) is 31.6. The molecular weight excluding hydrogens is 560 g/mol. The van der Waals surface area contributed by atoms with Crippen molar-refractivity contribution in [1.29, 1.82) is 0 Å². The van der Waals surface area contributed by atoms with Gasteiger partial charge in [-0.2, -0.15) is 0 Å². The van der Waals surface area contributed by atoms with Crippen molar-refractivity contribution in [1.82, 2.24) is 24.4 Å². The number of carbonyl (C=O) groups excluding carboxylic acids is 2. The summed E-state index contributed by atoms with van der Waals surface area (Å²) in [6, 6.07) is -0.924. The fraction of sp³-hybridized carbons (Fsp3) is 0.562. The third-order valence-corrected chi connectivity index (χ3v) is 7.34. The number of nitrogens with one attached hydrogen (secondary N) is 1.